The Kier molecular flexibility index (Phi) is 2.36. The fraction of sp³-hybridized carbons (Fsp3) is 0.455. The summed E-state index contributed by atoms with van der Waals surface area (Å²) in [5.41, 5.74) is 1.47. The highest BCUT2D eigenvalue weighted by atomic mass is 15.1. The number of pyridine rings is 1. The maximum absolute atomic E-state index is 8.88. The Morgan fingerprint density at radius 1 is 1.64 bits per heavy atom. The first-order valence-electron chi connectivity index (χ1n) is 4.87. The Hall–Kier alpha value is -1.56. The average molecular weight is 187 g/mol. The second-order valence-corrected chi connectivity index (χ2v) is 3.81. The van der Waals surface area contributed by atoms with Crippen LogP contribution in [0.15, 0.2) is 18.3 Å². The molecule has 0 bridgehead atoms. The van der Waals surface area contributed by atoms with E-state index in [0.29, 0.717) is 5.69 Å². The Morgan fingerprint density at radius 2 is 2.43 bits per heavy atom. The molecule has 0 spiro atoms. The molecule has 1 aliphatic rings. The molecule has 1 aliphatic carbocycles. The molecule has 0 aromatic carbocycles. The van der Waals surface area contributed by atoms with Crippen LogP contribution in [0.25, 0.3) is 0 Å². The largest absolute Gasteiger partial charge is 0.372 e. The van der Waals surface area contributed by atoms with Crippen molar-refractivity contribution in [2.24, 2.45) is 5.92 Å². The highest BCUT2D eigenvalue weighted by molar-refractivity contribution is 5.55. The fourth-order valence-corrected chi connectivity index (χ4v) is 1.58. The van der Waals surface area contributed by atoms with Crippen molar-refractivity contribution in [3.63, 3.8) is 0 Å². The van der Waals surface area contributed by atoms with Crippen molar-refractivity contribution in [2.45, 2.75) is 12.8 Å². The summed E-state index contributed by atoms with van der Waals surface area (Å²) in [6.07, 6.45) is 4.31. The number of anilines is 1. The SMILES string of the molecule is CN(CC1CC1)c1cccnc1C#N. The van der Waals surface area contributed by atoms with E-state index in [-0.39, 0.29) is 0 Å². The molecule has 3 heteroatoms. The Balaban J connectivity index is 2.16. The van der Waals surface area contributed by atoms with E-state index in [0.717, 1.165) is 18.2 Å². The number of hydrogen-bond donors (Lipinski definition) is 0. The van der Waals surface area contributed by atoms with Gasteiger partial charge in [-0.1, -0.05) is 0 Å². The molecule has 1 saturated carbocycles. The van der Waals surface area contributed by atoms with Crippen LogP contribution in [0, 0.1) is 17.2 Å². The molecule has 0 atom stereocenters. The van der Waals surface area contributed by atoms with Gasteiger partial charge in [-0.25, -0.2) is 4.98 Å². The van der Waals surface area contributed by atoms with Crippen molar-refractivity contribution < 1.29 is 0 Å². The van der Waals surface area contributed by atoms with Gasteiger partial charge in [0, 0.05) is 19.8 Å². The fourth-order valence-electron chi connectivity index (χ4n) is 1.58. The summed E-state index contributed by atoms with van der Waals surface area (Å²) in [7, 11) is 2.02. The van der Waals surface area contributed by atoms with Gasteiger partial charge < -0.3 is 4.90 Å². The van der Waals surface area contributed by atoms with Crippen molar-refractivity contribution in [3.8, 4) is 6.07 Å². The maximum atomic E-state index is 8.88. The molecule has 14 heavy (non-hydrogen) atoms. The van der Waals surface area contributed by atoms with E-state index in [1.165, 1.54) is 12.8 Å². The molecule has 2 rings (SSSR count). The highest BCUT2D eigenvalue weighted by Gasteiger charge is 2.23. The van der Waals surface area contributed by atoms with Gasteiger partial charge in [-0.05, 0) is 30.9 Å². The first-order valence-corrected chi connectivity index (χ1v) is 4.87. The summed E-state index contributed by atoms with van der Waals surface area (Å²) >= 11 is 0. The summed E-state index contributed by atoms with van der Waals surface area (Å²) in [5.74, 6) is 0.826. The van der Waals surface area contributed by atoms with Crippen molar-refractivity contribution in [2.75, 3.05) is 18.5 Å². The third-order valence-electron chi connectivity index (χ3n) is 2.53. The van der Waals surface area contributed by atoms with Gasteiger partial charge in [-0.3, -0.25) is 0 Å². The Bertz CT molecular complexity index is 363. The van der Waals surface area contributed by atoms with Crippen LogP contribution in [0.5, 0.6) is 0 Å². The number of rotatable bonds is 3. The van der Waals surface area contributed by atoms with Crippen LogP contribution in [0.4, 0.5) is 5.69 Å². The molecule has 0 saturated heterocycles. The van der Waals surface area contributed by atoms with Crippen LogP contribution in [0.2, 0.25) is 0 Å². The number of hydrogen-bond acceptors (Lipinski definition) is 3. The van der Waals surface area contributed by atoms with E-state index in [2.05, 4.69) is 16.0 Å². The first-order chi connectivity index (χ1) is 6.81. The zero-order valence-electron chi connectivity index (χ0n) is 8.27. The van der Waals surface area contributed by atoms with E-state index in [1.54, 1.807) is 6.20 Å². The Labute approximate surface area is 84.0 Å². The molecule has 0 aliphatic heterocycles. The lowest BCUT2D eigenvalue weighted by atomic mass is 10.2. The number of nitrogens with zero attached hydrogens (tertiary/aromatic N) is 3. The van der Waals surface area contributed by atoms with Crippen molar-refractivity contribution in [1.29, 1.82) is 5.26 Å². The molecule has 3 nitrogen and oxygen atoms in total. The van der Waals surface area contributed by atoms with E-state index >= 15 is 0 Å². The minimum Gasteiger partial charge on any atom is -0.372 e. The minimum absolute atomic E-state index is 0.524. The van der Waals surface area contributed by atoms with Gasteiger partial charge in [0.2, 0.25) is 0 Å². The van der Waals surface area contributed by atoms with E-state index in [9.17, 15) is 0 Å². The van der Waals surface area contributed by atoms with Gasteiger partial charge in [-0.15, -0.1) is 0 Å². The first kappa shape index (κ1) is 9.01. The molecule has 0 amide bonds. The van der Waals surface area contributed by atoms with Crippen molar-refractivity contribution in [3.05, 3.63) is 24.0 Å². The van der Waals surface area contributed by atoms with E-state index < -0.39 is 0 Å². The second kappa shape index (κ2) is 3.67. The van der Waals surface area contributed by atoms with Crippen LogP contribution in [0.3, 0.4) is 0 Å². The maximum Gasteiger partial charge on any atom is 0.163 e. The normalized spacial score (nSPS) is 14.9. The lowest BCUT2D eigenvalue weighted by Crippen LogP contribution is -2.21. The summed E-state index contributed by atoms with van der Waals surface area (Å²) in [6, 6.07) is 5.94. The molecule has 0 radical (unpaired) electrons. The van der Waals surface area contributed by atoms with E-state index in [1.807, 2.05) is 19.2 Å². The zero-order valence-corrected chi connectivity index (χ0v) is 8.27. The molecular weight excluding hydrogens is 174 g/mol. The standard InChI is InChI=1S/C11H13N3/c1-14(8-9-4-5-9)11-3-2-6-13-10(11)7-12/h2-3,6,9H,4-5,8H2,1H3. The lowest BCUT2D eigenvalue weighted by Gasteiger charge is -2.19. The molecule has 1 aromatic heterocycles. The highest BCUT2D eigenvalue weighted by Crippen LogP contribution is 2.31. The van der Waals surface area contributed by atoms with Crippen molar-refractivity contribution in [1.82, 2.24) is 4.98 Å². The quantitative estimate of drug-likeness (QED) is 0.724. The van der Waals surface area contributed by atoms with Gasteiger partial charge in [-0.2, -0.15) is 5.26 Å². The minimum atomic E-state index is 0.524. The predicted octanol–water partition coefficient (Wildman–Crippen LogP) is 1.80. The summed E-state index contributed by atoms with van der Waals surface area (Å²) in [5, 5.41) is 8.88. The molecule has 72 valence electrons. The summed E-state index contributed by atoms with van der Waals surface area (Å²) in [4.78, 5) is 6.17. The van der Waals surface area contributed by atoms with Gasteiger partial charge in [0.15, 0.2) is 5.69 Å². The third kappa shape index (κ3) is 1.85. The van der Waals surface area contributed by atoms with Crippen LogP contribution in [0.1, 0.15) is 18.5 Å². The van der Waals surface area contributed by atoms with E-state index in [4.69, 9.17) is 5.26 Å². The van der Waals surface area contributed by atoms with Crippen LogP contribution in [-0.2, 0) is 0 Å². The predicted molar refractivity (Wildman–Crippen MR) is 54.9 cm³/mol. The third-order valence-corrected chi connectivity index (χ3v) is 2.53. The second-order valence-electron chi connectivity index (χ2n) is 3.81. The molecule has 1 heterocycles. The molecule has 0 unspecified atom stereocenters. The zero-order chi connectivity index (χ0) is 9.97. The van der Waals surface area contributed by atoms with Gasteiger partial charge >= 0.3 is 0 Å². The van der Waals surface area contributed by atoms with Crippen LogP contribution in [-0.4, -0.2) is 18.6 Å². The van der Waals surface area contributed by atoms with Gasteiger partial charge in [0.25, 0.3) is 0 Å². The molecule has 1 aromatic rings. The summed E-state index contributed by atoms with van der Waals surface area (Å²) in [6.45, 7) is 1.04. The Morgan fingerprint density at radius 3 is 3.07 bits per heavy atom. The van der Waals surface area contributed by atoms with Gasteiger partial charge in [0.05, 0.1) is 5.69 Å². The van der Waals surface area contributed by atoms with Gasteiger partial charge in [0.1, 0.15) is 6.07 Å². The number of nitriles is 1. The average Bonchev–Trinajstić information content (AvgIpc) is 3.01. The molecular formula is C11H13N3. The smallest absolute Gasteiger partial charge is 0.163 e. The molecule has 0 N–H and O–H groups in total. The monoisotopic (exact) mass is 187 g/mol. The van der Waals surface area contributed by atoms with Crippen molar-refractivity contribution >= 4 is 5.69 Å². The van der Waals surface area contributed by atoms with Crippen LogP contribution >= 0.6 is 0 Å². The summed E-state index contributed by atoms with van der Waals surface area (Å²) < 4.78 is 0. The lowest BCUT2D eigenvalue weighted by molar-refractivity contribution is 0.784. The molecule has 1 fully saturated rings. The number of aromatic nitrogens is 1. The van der Waals surface area contributed by atoms with Crippen LogP contribution < -0.4 is 4.90 Å². The topological polar surface area (TPSA) is 39.9 Å².